The molecule has 0 atom stereocenters. The molecule has 0 saturated carbocycles. The number of methoxy groups -OCH3 is 3. The number of carbonyl (C=O) groups is 1. The van der Waals surface area contributed by atoms with E-state index in [0.29, 0.717) is 28.2 Å². The summed E-state index contributed by atoms with van der Waals surface area (Å²) in [5, 5.41) is 11.2. The quantitative estimate of drug-likeness (QED) is 0.613. The first-order chi connectivity index (χ1) is 14.1. The maximum atomic E-state index is 12.4. The zero-order chi connectivity index (χ0) is 20.8. The normalized spacial score (nSPS) is 10.6. The number of fused-ring (bicyclic) bond motifs is 1. The fourth-order valence-corrected chi connectivity index (χ4v) is 2.89. The molecule has 3 rings (SSSR count). The van der Waals surface area contributed by atoms with Crippen molar-refractivity contribution in [3.05, 3.63) is 52.3 Å². The Hall–Kier alpha value is -3.62. The smallest absolute Gasteiger partial charge is 0.277 e. The van der Waals surface area contributed by atoms with Crippen LogP contribution in [0.4, 0.5) is 0 Å². The van der Waals surface area contributed by atoms with Crippen LogP contribution in [0.15, 0.2) is 41.2 Å². The van der Waals surface area contributed by atoms with Gasteiger partial charge in [-0.2, -0.15) is 0 Å². The Bertz CT molecular complexity index is 1080. The highest BCUT2D eigenvalue weighted by Crippen LogP contribution is 2.34. The van der Waals surface area contributed by atoms with Crippen molar-refractivity contribution in [3.8, 4) is 17.2 Å². The first kappa shape index (κ1) is 20.1. The van der Waals surface area contributed by atoms with E-state index in [1.807, 2.05) is 0 Å². The van der Waals surface area contributed by atoms with Crippen LogP contribution in [0.25, 0.3) is 10.9 Å². The summed E-state index contributed by atoms with van der Waals surface area (Å²) in [6.07, 6.45) is 0.0858. The zero-order valence-electron chi connectivity index (χ0n) is 16.5. The van der Waals surface area contributed by atoms with Crippen LogP contribution in [0.3, 0.4) is 0 Å². The van der Waals surface area contributed by atoms with Gasteiger partial charge in [0.15, 0.2) is 11.5 Å². The molecule has 0 aliphatic rings. The second-order valence-corrected chi connectivity index (χ2v) is 6.18. The van der Waals surface area contributed by atoms with E-state index >= 15 is 0 Å². The Kier molecular flexibility index (Phi) is 6.28. The lowest BCUT2D eigenvalue weighted by atomic mass is 10.1. The maximum Gasteiger partial charge on any atom is 0.277 e. The third-order valence-corrected chi connectivity index (χ3v) is 4.44. The molecular formula is C20H22N4O5. The number of hydrogen-bond acceptors (Lipinski definition) is 7. The topological polar surface area (TPSA) is 105 Å². The second kappa shape index (κ2) is 9.05. The summed E-state index contributed by atoms with van der Waals surface area (Å²) < 4.78 is 17.1. The largest absolute Gasteiger partial charge is 0.496 e. The number of hydrogen-bond donors (Lipinski definition) is 1. The summed E-state index contributed by atoms with van der Waals surface area (Å²) in [5.41, 5.74) is 0.991. The van der Waals surface area contributed by atoms with Gasteiger partial charge < -0.3 is 19.5 Å². The van der Waals surface area contributed by atoms with Gasteiger partial charge in [0.05, 0.1) is 33.3 Å². The van der Waals surface area contributed by atoms with Crippen molar-refractivity contribution in [2.24, 2.45) is 0 Å². The number of ether oxygens (including phenoxy) is 3. The summed E-state index contributed by atoms with van der Waals surface area (Å²) in [7, 11) is 4.61. The summed E-state index contributed by atoms with van der Waals surface area (Å²) in [6.45, 7) is 0.367. The predicted octanol–water partition coefficient (Wildman–Crippen LogP) is 1.52. The fourth-order valence-electron chi connectivity index (χ4n) is 2.89. The van der Waals surface area contributed by atoms with Crippen LogP contribution in [0, 0.1) is 0 Å². The fraction of sp³-hybridized carbons (Fsp3) is 0.300. The number of rotatable bonds is 8. The van der Waals surface area contributed by atoms with Crippen molar-refractivity contribution >= 4 is 16.8 Å². The molecule has 9 nitrogen and oxygen atoms in total. The molecule has 0 aliphatic heterocycles. The van der Waals surface area contributed by atoms with Gasteiger partial charge in [-0.15, -0.1) is 5.10 Å². The summed E-state index contributed by atoms with van der Waals surface area (Å²) in [5.74, 6) is 1.41. The van der Waals surface area contributed by atoms with Gasteiger partial charge in [-0.3, -0.25) is 9.59 Å². The van der Waals surface area contributed by atoms with E-state index < -0.39 is 0 Å². The number of amides is 1. The van der Waals surface area contributed by atoms with Crippen LogP contribution in [-0.2, 0) is 17.9 Å². The molecule has 1 amide bonds. The van der Waals surface area contributed by atoms with Gasteiger partial charge in [-0.05, 0) is 18.2 Å². The Morgan fingerprint density at radius 2 is 1.72 bits per heavy atom. The molecule has 1 heterocycles. The van der Waals surface area contributed by atoms with E-state index in [1.54, 1.807) is 36.4 Å². The Labute approximate surface area is 167 Å². The molecule has 9 heteroatoms. The van der Waals surface area contributed by atoms with Gasteiger partial charge in [0.25, 0.3) is 5.56 Å². The lowest BCUT2D eigenvalue weighted by Crippen LogP contribution is -2.29. The third kappa shape index (κ3) is 4.45. The monoisotopic (exact) mass is 398 g/mol. The molecule has 3 aromatic rings. The minimum Gasteiger partial charge on any atom is -0.496 e. The van der Waals surface area contributed by atoms with Crippen LogP contribution in [0.1, 0.15) is 12.0 Å². The Morgan fingerprint density at radius 1 is 1.03 bits per heavy atom. The van der Waals surface area contributed by atoms with Gasteiger partial charge in [0.2, 0.25) is 5.91 Å². The molecule has 0 saturated heterocycles. The SMILES string of the molecule is COc1cc(OC)c(OC)cc1CNC(=O)CCn1nnc2ccccc2c1=O. The van der Waals surface area contributed by atoms with Crippen molar-refractivity contribution in [1.29, 1.82) is 0 Å². The number of nitrogens with zero attached hydrogens (tertiary/aromatic N) is 3. The van der Waals surface area contributed by atoms with E-state index in [9.17, 15) is 9.59 Å². The molecule has 0 radical (unpaired) electrons. The predicted molar refractivity (Wildman–Crippen MR) is 106 cm³/mol. The first-order valence-corrected chi connectivity index (χ1v) is 8.95. The second-order valence-electron chi connectivity index (χ2n) is 6.18. The number of aromatic nitrogens is 3. The van der Waals surface area contributed by atoms with Crippen molar-refractivity contribution in [2.45, 2.75) is 19.5 Å². The number of carbonyl (C=O) groups excluding carboxylic acids is 1. The highest BCUT2D eigenvalue weighted by Gasteiger charge is 2.13. The van der Waals surface area contributed by atoms with Crippen LogP contribution < -0.4 is 25.1 Å². The van der Waals surface area contributed by atoms with E-state index in [4.69, 9.17) is 14.2 Å². The van der Waals surface area contributed by atoms with Gasteiger partial charge in [0, 0.05) is 24.6 Å². The molecular weight excluding hydrogens is 376 g/mol. The summed E-state index contributed by atoms with van der Waals surface area (Å²) in [4.78, 5) is 24.7. The van der Waals surface area contributed by atoms with Crippen molar-refractivity contribution in [2.75, 3.05) is 21.3 Å². The molecule has 152 valence electrons. The lowest BCUT2D eigenvalue weighted by molar-refractivity contribution is -0.121. The van der Waals surface area contributed by atoms with Crippen molar-refractivity contribution < 1.29 is 19.0 Å². The molecule has 1 N–H and O–H groups in total. The summed E-state index contributed by atoms with van der Waals surface area (Å²) >= 11 is 0. The maximum absolute atomic E-state index is 12.4. The molecule has 29 heavy (non-hydrogen) atoms. The Morgan fingerprint density at radius 3 is 2.45 bits per heavy atom. The van der Waals surface area contributed by atoms with E-state index in [0.717, 1.165) is 5.56 Å². The molecule has 0 unspecified atom stereocenters. The van der Waals surface area contributed by atoms with Gasteiger partial charge in [-0.25, -0.2) is 4.68 Å². The molecule has 1 aromatic heterocycles. The van der Waals surface area contributed by atoms with E-state index in [2.05, 4.69) is 15.6 Å². The Balaban J connectivity index is 1.65. The minimum absolute atomic E-state index is 0.0858. The van der Waals surface area contributed by atoms with Gasteiger partial charge >= 0.3 is 0 Å². The molecule has 0 fully saturated rings. The molecule has 0 spiro atoms. The third-order valence-electron chi connectivity index (χ3n) is 4.44. The van der Waals surface area contributed by atoms with Crippen molar-refractivity contribution in [3.63, 3.8) is 0 Å². The van der Waals surface area contributed by atoms with E-state index in [-0.39, 0.29) is 31.0 Å². The van der Waals surface area contributed by atoms with Crippen LogP contribution >= 0.6 is 0 Å². The summed E-state index contributed by atoms with van der Waals surface area (Å²) in [6, 6.07) is 10.4. The van der Waals surface area contributed by atoms with Gasteiger partial charge in [-0.1, -0.05) is 17.3 Å². The minimum atomic E-state index is -0.273. The average molecular weight is 398 g/mol. The lowest BCUT2D eigenvalue weighted by Gasteiger charge is -2.14. The highest BCUT2D eigenvalue weighted by molar-refractivity contribution is 5.77. The van der Waals surface area contributed by atoms with Crippen LogP contribution in [0.5, 0.6) is 17.2 Å². The number of aryl methyl sites for hydroxylation is 1. The zero-order valence-corrected chi connectivity index (χ0v) is 16.5. The van der Waals surface area contributed by atoms with Crippen LogP contribution in [0.2, 0.25) is 0 Å². The van der Waals surface area contributed by atoms with Gasteiger partial charge in [0.1, 0.15) is 11.3 Å². The molecule has 0 bridgehead atoms. The molecule has 2 aromatic carbocycles. The molecule has 0 aliphatic carbocycles. The van der Waals surface area contributed by atoms with Crippen LogP contribution in [-0.4, -0.2) is 42.2 Å². The standard InChI is InChI=1S/C20H22N4O5/c1-27-16-11-18(29-3)17(28-2)10-13(16)12-21-19(25)8-9-24-20(26)14-6-4-5-7-15(14)22-23-24/h4-7,10-11H,8-9,12H2,1-3H3,(H,21,25). The highest BCUT2D eigenvalue weighted by atomic mass is 16.5. The average Bonchev–Trinajstić information content (AvgIpc) is 2.76. The number of benzene rings is 2. The van der Waals surface area contributed by atoms with Crippen molar-refractivity contribution in [1.82, 2.24) is 20.3 Å². The number of nitrogens with one attached hydrogen (secondary N) is 1. The van der Waals surface area contributed by atoms with E-state index in [1.165, 1.54) is 26.0 Å². The first-order valence-electron chi connectivity index (χ1n) is 8.95.